The fraction of sp³-hybridized carbons (Fsp3) is 0. The minimum absolute atomic E-state index is 0.665. The molecule has 12 rings (SSSR count). The van der Waals surface area contributed by atoms with E-state index >= 15 is 0 Å². The first-order valence-electron chi connectivity index (χ1n) is 19.0. The predicted octanol–water partition coefficient (Wildman–Crippen LogP) is 14.4. The Balaban J connectivity index is 0.953. The number of thiophene rings is 2. The Morgan fingerprint density at radius 3 is 1.49 bits per heavy atom. The molecule has 4 aromatic heterocycles. The van der Waals surface area contributed by atoms with Crippen LogP contribution in [0.2, 0.25) is 0 Å². The van der Waals surface area contributed by atoms with Crippen molar-refractivity contribution in [2.24, 2.45) is 0 Å². The number of aromatic nitrogens is 4. The van der Waals surface area contributed by atoms with E-state index in [1.807, 2.05) is 59.1 Å². The van der Waals surface area contributed by atoms with E-state index in [-0.39, 0.29) is 0 Å². The Morgan fingerprint density at radius 1 is 0.333 bits per heavy atom. The smallest absolute Gasteiger partial charge is 0.164 e. The highest BCUT2D eigenvalue weighted by Gasteiger charge is 2.18. The molecule has 0 amide bonds. The molecule has 0 aliphatic rings. The van der Waals surface area contributed by atoms with Crippen molar-refractivity contribution >= 4 is 84.8 Å². The van der Waals surface area contributed by atoms with Crippen LogP contribution >= 0.6 is 22.7 Å². The molecule has 0 aliphatic carbocycles. The van der Waals surface area contributed by atoms with Crippen LogP contribution in [0.3, 0.4) is 0 Å². The zero-order valence-corrected chi connectivity index (χ0v) is 32.1. The monoisotopic (exact) mass is 762 g/mol. The molecular formula is C51H30N4S2. The average molecular weight is 763 g/mol. The molecule has 266 valence electrons. The van der Waals surface area contributed by atoms with Crippen LogP contribution in [0.4, 0.5) is 0 Å². The maximum Gasteiger partial charge on any atom is 0.164 e. The van der Waals surface area contributed by atoms with Gasteiger partial charge in [0, 0.05) is 73.5 Å². The van der Waals surface area contributed by atoms with Gasteiger partial charge in [-0.25, -0.2) is 15.0 Å². The van der Waals surface area contributed by atoms with Crippen molar-refractivity contribution in [2.45, 2.75) is 0 Å². The molecule has 0 saturated heterocycles. The summed E-state index contributed by atoms with van der Waals surface area (Å²) in [7, 11) is 0. The molecule has 4 heterocycles. The number of nitrogens with zero attached hydrogens (tertiary/aromatic N) is 4. The highest BCUT2D eigenvalue weighted by Crippen LogP contribution is 2.43. The average Bonchev–Trinajstić information content (AvgIpc) is 3.95. The lowest BCUT2D eigenvalue weighted by molar-refractivity contribution is 1.08. The molecule has 4 nitrogen and oxygen atoms in total. The third-order valence-corrected chi connectivity index (χ3v) is 13.3. The lowest BCUT2D eigenvalue weighted by Gasteiger charge is -2.09. The van der Waals surface area contributed by atoms with Crippen LogP contribution < -0.4 is 0 Å². The second kappa shape index (κ2) is 12.8. The van der Waals surface area contributed by atoms with Gasteiger partial charge >= 0.3 is 0 Å². The van der Waals surface area contributed by atoms with Crippen LogP contribution in [0.5, 0.6) is 0 Å². The Bertz CT molecular complexity index is 3410. The van der Waals surface area contributed by atoms with E-state index in [0.717, 1.165) is 16.7 Å². The third kappa shape index (κ3) is 5.22. The first-order chi connectivity index (χ1) is 28.2. The first kappa shape index (κ1) is 32.3. The molecule has 0 spiro atoms. The summed E-state index contributed by atoms with van der Waals surface area (Å²) >= 11 is 3.69. The topological polar surface area (TPSA) is 43.6 Å². The van der Waals surface area contributed by atoms with Gasteiger partial charge in [-0.1, -0.05) is 140 Å². The van der Waals surface area contributed by atoms with Gasteiger partial charge in [0.05, 0.1) is 11.0 Å². The van der Waals surface area contributed by atoms with Crippen LogP contribution in [0.1, 0.15) is 0 Å². The number of benzene rings is 8. The molecular weight excluding hydrogens is 733 g/mol. The Morgan fingerprint density at radius 2 is 0.842 bits per heavy atom. The fourth-order valence-electron chi connectivity index (χ4n) is 8.41. The van der Waals surface area contributed by atoms with Gasteiger partial charge in [0.25, 0.3) is 0 Å². The first-order valence-corrected chi connectivity index (χ1v) is 20.6. The normalized spacial score (nSPS) is 11.9. The second-order valence-corrected chi connectivity index (χ2v) is 16.6. The van der Waals surface area contributed by atoms with Crippen LogP contribution in [0.25, 0.3) is 113 Å². The van der Waals surface area contributed by atoms with Crippen molar-refractivity contribution in [1.82, 2.24) is 19.5 Å². The highest BCUT2D eigenvalue weighted by molar-refractivity contribution is 7.26. The van der Waals surface area contributed by atoms with Gasteiger partial charge < -0.3 is 4.57 Å². The van der Waals surface area contributed by atoms with Crippen molar-refractivity contribution in [3.05, 3.63) is 182 Å². The number of para-hydroxylation sites is 2. The van der Waals surface area contributed by atoms with E-state index in [2.05, 4.69) is 150 Å². The van der Waals surface area contributed by atoms with E-state index in [1.54, 1.807) is 0 Å². The summed E-state index contributed by atoms with van der Waals surface area (Å²) in [4.78, 5) is 15.1. The summed E-state index contributed by atoms with van der Waals surface area (Å²) in [5.74, 6) is 2.00. The minimum atomic E-state index is 0.665. The SMILES string of the molecule is c1ccc(-c2nc(-c3ccccc3)nc(-c3cccc4sc5cc(-c6ccc7c(c6)sc6cc(-n8c9ccccc9c9ccccc98)ccc67)ccc5c34)n2)cc1. The summed E-state index contributed by atoms with van der Waals surface area (Å²) in [5.41, 5.74) is 9.00. The van der Waals surface area contributed by atoms with Gasteiger partial charge in [-0.05, 0) is 53.6 Å². The van der Waals surface area contributed by atoms with Gasteiger partial charge in [0.2, 0.25) is 0 Å². The van der Waals surface area contributed by atoms with Crippen LogP contribution in [0, 0.1) is 0 Å². The van der Waals surface area contributed by atoms with Crippen LogP contribution in [-0.2, 0) is 0 Å². The van der Waals surface area contributed by atoms with E-state index < -0.39 is 0 Å². The van der Waals surface area contributed by atoms with Gasteiger partial charge in [0.15, 0.2) is 17.5 Å². The van der Waals surface area contributed by atoms with E-state index in [1.165, 1.54) is 79.0 Å². The molecule has 0 N–H and O–H groups in total. The molecule has 6 heteroatoms. The summed E-state index contributed by atoms with van der Waals surface area (Å²) in [6.45, 7) is 0. The standard InChI is InChI=1S/C51H30N4S2/c1-3-12-31(13-4-1)49-52-50(32-14-5-2-6-15-32)54-51(53-49)41-18-11-21-44-48(41)40-26-23-34(29-46(40)56-44)33-22-25-38-39-27-24-35(30-47(39)57-45(38)28-33)55-42-19-9-7-16-36(42)37-17-8-10-20-43(37)55/h1-30H. The van der Waals surface area contributed by atoms with Gasteiger partial charge in [-0.15, -0.1) is 22.7 Å². The van der Waals surface area contributed by atoms with Crippen LogP contribution in [0.15, 0.2) is 182 Å². The maximum atomic E-state index is 5.08. The minimum Gasteiger partial charge on any atom is -0.309 e. The van der Waals surface area contributed by atoms with Gasteiger partial charge in [-0.2, -0.15) is 0 Å². The summed E-state index contributed by atoms with van der Waals surface area (Å²) in [6, 6.07) is 64.9. The molecule has 0 fully saturated rings. The predicted molar refractivity (Wildman–Crippen MR) is 242 cm³/mol. The van der Waals surface area contributed by atoms with Crippen LogP contribution in [-0.4, -0.2) is 19.5 Å². The van der Waals surface area contributed by atoms with Crippen molar-refractivity contribution < 1.29 is 0 Å². The fourth-order valence-corrected chi connectivity index (χ4v) is 10.8. The van der Waals surface area contributed by atoms with E-state index in [4.69, 9.17) is 15.0 Å². The summed E-state index contributed by atoms with van der Waals surface area (Å²) < 4.78 is 7.43. The van der Waals surface area contributed by atoms with Gasteiger partial charge in [-0.3, -0.25) is 0 Å². The van der Waals surface area contributed by atoms with E-state index in [0.29, 0.717) is 17.5 Å². The lowest BCUT2D eigenvalue weighted by Crippen LogP contribution is -2.00. The number of rotatable bonds is 5. The third-order valence-electron chi connectivity index (χ3n) is 11.1. The zero-order valence-electron chi connectivity index (χ0n) is 30.4. The van der Waals surface area contributed by atoms with Crippen molar-refractivity contribution in [1.29, 1.82) is 0 Å². The molecule has 0 atom stereocenters. The van der Waals surface area contributed by atoms with E-state index in [9.17, 15) is 0 Å². The molecule has 57 heavy (non-hydrogen) atoms. The Kier molecular flexibility index (Phi) is 7.24. The zero-order chi connectivity index (χ0) is 37.5. The molecule has 0 unspecified atom stereocenters. The van der Waals surface area contributed by atoms with Crippen molar-refractivity contribution in [3.63, 3.8) is 0 Å². The number of hydrogen-bond donors (Lipinski definition) is 0. The Labute approximate surface area is 335 Å². The quantitative estimate of drug-likeness (QED) is 0.175. The molecule has 8 aromatic carbocycles. The summed E-state index contributed by atoms with van der Waals surface area (Å²) in [6.07, 6.45) is 0. The molecule has 0 aliphatic heterocycles. The van der Waals surface area contributed by atoms with Crippen molar-refractivity contribution in [2.75, 3.05) is 0 Å². The molecule has 12 aromatic rings. The number of hydrogen-bond acceptors (Lipinski definition) is 5. The molecule has 0 saturated carbocycles. The lowest BCUT2D eigenvalue weighted by atomic mass is 10.0. The maximum absolute atomic E-state index is 5.08. The van der Waals surface area contributed by atoms with Gasteiger partial charge in [0.1, 0.15) is 0 Å². The number of fused-ring (bicyclic) bond motifs is 9. The Hall–Kier alpha value is -6.99. The van der Waals surface area contributed by atoms with Crippen molar-refractivity contribution in [3.8, 4) is 51.0 Å². The molecule has 0 bridgehead atoms. The largest absolute Gasteiger partial charge is 0.309 e. The second-order valence-electron chi connectivity index (χ2n) is 14.4. The summed E-state index contributed by atoms with van der Waals surface area (Å²) in [5, 5.41) is 7.53. The highest BCUT2D eigenvalue weighted by atomic mass is 32.1. The molecule has 0 radical (unpaired) electrons.